The molecule has 134 valence electrons. The quantitative estimate of drug-likeness (QED) is 0.866. The summed E-state index contributed by atoms with van der Waals surface area (Å²) in [5.74, 6) is 0.360. The molecule has 0 spiro atoms. The standard InChI is InChI=1S/C17H23N5O3/c1-11(2)16-20-19-14-7-6-12(9-22(14)16)18-15(24)10-21-8-4-3-5-13(23)17(21)25/h6-7,9,11,13,23H,3-5,8,10H2,1-2H3,(H,18,24). The third-order valence-electron chi connectivity index (χ3n) is 4.32. The Balaban J connectivity index is 1.71. The van der Waals surface area contributed by atoms with Crippen molar-refractivity contribution in [3.8, 4) is 0 Å². The van der Waals surface area contributed by atoms with Crippen molar-refractivity contribution in [3.05, 3.63) is 24.2 Å². The summed E-state index contributed by atoms with van der Waals surface area (Å²) in [6, 6.07) is 3.54. The van der Waals surface area contributed by atoms with Gasteiger partial charge in [0.05, 0.1) is 12.2 Å². The Bertz CT molecular complexity index is 786. The molecule has 1 saturated heterocycles. The minimum absolute atomic E-state index is 0.0624. The minimum Gasteiger partial charge on any atom is -0.383 e. The number of nitrogens with zero attached hydrogens (tertiary/aromatic N) is 4. The second-order valence-electron chi connectivity index (χ2n) is 6.68. The molecule has 25 heavy (non-hydrogen) atoms. The summed E-state index contributed by atoms with van der Waals surface area (Å²) in [5, 5.41) is 20.8. The molecule has 0 saturated carbocycles. The Labute approximate surface area is 145 Å². The van der Waals surface area contributed by atoms with Crippen molar-refractivity contribution >= 4 is 23.1 Å². The molecule has 0 aliphatic carbocycles. The van der Waals surface area contributed by atoms with E-state index in [0.29, 0.717) is 24.3 Å². The van der Waals surface area contributed by atoms with Gasteiger partial charge in [-0.25, -0.2) is 0 Å². The van der Waals surface area contributed by atoms with E-state index in [1.54, 1.807) is 18.3 Å². The first kappa shape index (κ1) is 17.3. The Kier molecular flexibility index (Phi) is 4.98. The first-order valence-electron chi connectivity index (χ1n) is 8.57. The zero-order chi connectivity index (χ0) is 18.0. The summed E-state index contributed by atoms with van der Waals surface area (Å²) in [6.45, 7) is 4.48. The maximum atomic E-state index is 12.3. The fourth-order valence-corrected chi connectivity index (χ4v) is 2.99. The van der Waals surface area contributed by atoms with Gasteiger partial charge in [-0.1, -0.05) is 13.8 Å². The Morgan fingerprint density at radius 3 is 2.92 bits per heavy atom. The van der Waals surface area contributed by atoms with E-state index in [1.807, 2.05) is 18.2 Å². The number of likely N-dealkylation sites (tertiary alicyclic amines) is 1. The Morgan fingerprint density at radius 2 is 2.16 bits per heavy atom. The van der Waals surface area contributed by atoms with E-state index < -0.39 is 6.10 Å². The third kappa shape index (κ3) is 3.79. The molecule has 2 N–H and O–H groups in total. The topological polar surface area (TPSA) is 99.8 Å². The van der Waals surface area contributed by atoms with Gasteiger partial charge in [-0.15, -0.1) is 10.2 Å². The molecule has 3 rings (SSSR count). The van der Waals surface area contributed by atoms with Gasteiger partial charge in [0.25, 0.3) is 5.91 Å². The molecule has 1 unspecified atom stereocenters. The predicted octanol–water partition coefficient (Wildman–Crippen LogP) is 1.16. The molecular formula is C17H23N5O3. The van der Waals surface area contributed by atoms with E-state index >= 15 is 0 Å². The third-order valence-corrected chi connectivity index (χ3v) is 4.32. The van der Waals surface area contributed by atoms with Gasteiger partial charge >= 0.3 is 0 Å². The van der Waals surface area contributed by atoms with Gasteiger partial charge in [-0.2, -0.15) is 0 Å². The number of aromatic nitrogens is 3. The van der Waals surface area contributed by atoms with Crippen LogP contribution in [0.5, 0.6) is 0 Å². The maximum Gasteiger partial charge on any atom is 0.251 e. The SMILES string of the molecule is CC(C)c1nnc2ccc(NC(=O)CN3CCCCC(O)C3=O)cn12. The highest BCUT2D eigenvalue weighted by Crippen LogP contribution is 2.17. The van der Waals surface area contributed by atoms with Crippen LogP contribution in [0.3, 0.4) is 0 Å². The fraction of sp³-hybridized carbons (Fsp3) is 0.529. The van der Waals surface area contributed by atoms with Gasteiger partial charge in [0, 0.05) is 18.7 Å². The number of fused-ring (bicyclic) bond motifs is 1. The van der Waals surface area contributed by atoms with Crippen LogP contribution in [0.4, 0.5) is 5.69 Å². The van der Waals surface area contributed by atoms with Gasteiger partial charge in [0.2, 0.25) is 5.91 Å². The van der Waals surface area contributed by atoms with Crippen LogP contribution < -0.4 is 5.32 Å². The molecule has 1 fully saturated rings. The van der Waals surface area contributed by atoms with Crippen LogP contribution in [-0.4, -0.2) is 55.6 Å². The molecule has 1 atom stereocenters. The number of carbonyl (C=O) groups excluding carboxylic acids is 2. The van der Waals surface area contributed by atoms with Gasteiger partial charge in [-0.05, 0) is 31.4 Å². The molecule has 8 nitrogen and oxygen atoms in total. The van der Waals surface area contributed by atoms with E-state index in [4.69, 9.17) is 0 Å². The predicted molar refractivity (Wildman–Crippen MR) is 92.1 cm³/mol. The van der Waals surface area contributed by atoms with Crippen molar-refractivity contribution in [1.29, 1.82) is 0 Å². The molecule has 1 aliphatic rings. The van der Waals surface area contributed by atoms with Crippen LogP contribution in [0.2, 0.25) is 0 Å². The molecule has 2 amide bonds. The molecular weight excluding hydrogens is 322 g/mol. The highest BCUT2D eigenvalue weighted by Gasteiger charge is 2.26. The average molecular weight is 345 g/mol. The van der Waals surface area contributed by atoms with Crippen molar-refractivity contribution in [2.75, 3.05) is 18.4 Å². The van der Waals surface area contributed by atoms with Crippen molar-refractivity contribution in [3.63, 3.8) is 0 Å². The summed E-state index contributed by atoms with van der Waals surface area (Å²) in [7, 11) is 0. The molecule has 8 heteroatoms. The number of carbonyl (C=O) groups is 2. The number of hydrogen-bond acceptors (Lipinski definition) is 5. The zero-order valence-electron chi connectivity index (χ0n) is 14.5. The number of rotatable bonds is 4. The van der Waals surface area contributed by atoms with E-state index in [-0.39, 0.29) is 24.3 Å². The maximum absolute atomic E-state index is 12.3. The lowest BCUT2D eigenvalue weighted by Crippen LogP contribution is -2.42. The number of nitrogens with one attached hydrogen (secondary N) is 1. The van der Waals surface area contributed by atoms with Gasteiger partial charge in [-0.3, -0.25) is 14.0 Å². The number of pyridine rings is 1. The van der Waals surface area contributed by atoms with Crippen molar-refractivity contribution in [2.24, 2.45) is 0 Å². The number of aliphatic hydroxyl groups is 1. The van der Waals surface area contributed by atoms with Gasteiger partial charge < -0.3 is 15.3 Å². The fourth-order valence-electron chi connectivity index (χ4n) is 2.99. The van der Waals surface area contributed by atoms with Crippen LogP contribution in [0, 0.1) is 0 Å². The summed E-state index contributed by atoms with van der Waals surface area (Å²) >= 11 is 0. The summed E-state index contributed by atoms with van der Waals surface area (Å²) in [6.07, 6.45) is 2.81. The smallest absolute Gasteiger partial charge is 0.251 e. The van der Waals surface area contributed by atoms with Crippen molar-refractivity contribution in [2.45, 2.75) is 45.1 Å². The van der Waals surface area contributed by atoms with Crippen LogP contribution >= 0.6 is 0 Å². The van der Waals surface area contributed by atoms with E-state index in [0.717, 1.165) is 18.7 Å². The number of anilines is 1. The molecule has 2 aromatic rings. The first-order valence-corrected chi connectivity index (χ1v) is 8.57. The molecule has 1 aliphatic heterocycles. The number of aliphatic hydroxyl groups excluding tert-OH is 1. The highest BCUT2D eigenvalue weighted by atomic mass is 16.3. The second kappa shape index (κ2) is 7.18. The summed E-state index contributed by atoms with van der Waals surface area (Å²) in [4.78, 5) is 25.8. The van der Waals surface area contributed by atoms with Crippen LogP contribution in [0.1, 0.15) is 44.9 Å². The lowest BCUT2D eigenvalue weighted by molar-refractivity contribution is -0.141. The number of hydrogen-bond donors (Lipinski definition) is 2. The lowest BCUT2D eigenvalue weighted by Gasteiger charge is -2.21. The molecule has 0 aromatic carbocycles. The zero-order valence-corrected chi connectivity index (χ0v) is 14.5. The normalized spacial score (nSPS) is 18.6. The van der Waals surface area contributed by atoms with Crippen molar-refractivity contribution < 1.29 is 14.7 Å². The molecule has 0 radical (unpaired) electrons. The minimum atomic E-state index is -1.00. The number of amides is 2. The van der Waals surface area contributed by atoms with Gasteiger partial charge in [0.1, 0.15) is 11.9 Å². The van der Waals surface area contributed by atoms with E-state index in [2.05, 4.69) is 15.5 Å². The largest absolute Gasteiger partial charge is 0.383 e. The second-order valence-corrected chi connectivity index (χ2v) is 6.68. The van der Waals surface area contributed by atoms with Crippen molar-refractivity contribution in [1.82, 2.24) is 19.5 Å². The van der Waals surface area contributed by atoms with Gasteiger partial charge in [0.15, 0.2) is 5.65 Å². The molecule has 3 heterocycles. The van der Waals surface area contributed by atoms with E-state index in [9.17, 15) is 14.7 Å². The Morgan fingerprint density at radius 1 is 1.36 bits per heavy atom. The molecule has 0 bridgehead atoms. The first-order chi connectivity index (χ1) is 12.0. The monoisotopic (exact) mass is 345 g/mol. The highest BCUT2D eigenvalue weighted by molar-refractivity contribution is 5.95. The van der Waals surface area contributed by atoms with Crippen LogP contribution in [-0.2, 0) is 9.59 Å². The van der Waals surface area contributed by atoms with Crippen LogP contribution in [0.25, 0.3) is 5.65 Å². The summed E-state index contributed by atoms with van der Waals surface area (Å²) in [5.41, 5.74) is 1.33. The Hall–Kier alpha value is -2.48. The average Bonchev–Trinajstić information content (AvgIpc) is 2.93. The van der Waals surface area contributed by atoms with Crippen LogP contribution in [0.15, 0.2) is 18.3 Å². The molecule has 2 aromatic heterocycles. The summed E-state index contributed by atoms with van der Waals surface area (Å²) < 4.78 is 1.85. The van der Waals surface area contributed by atoms with E-state index in [1.165, 1.54) is 4.90 Å². The lowest BCUT2D eigenvalue weighted by atomic mass is 10.2.